The molecule has 1 aliphatic heterocycles. The lowest BCUT2D eigenvalue weighted by atomic mass is 9.76. The molecule has 0 spiro atoms. The van der Waals surface area contributed by atoms with Crippen molar-refractivity contribution in [1.82, 2.24) is 0 Å². The van der Waals surface area contributed by atoms with Crippen molar-refractivity contribution >= 4 is 23.7 Å². The van der Waals surface area contributed by atoms with Gasteiger partial charge in [-0.2, -0.15) is 0 Å². The van der Waals surface area contributed by atoms with Gasteiger partial charge in [-0.05, 0) is 51.8 Å². The fraction of sp³-hybridized carbons (Fsp3) is 0.227. The Labute approximate surface area is 155 Å². The third kappa shape index (κ3) is 3.29. The maximum atomic E-state index is 5.96. The van der Waals surface area contributed by atoms with Gasteiger partial charge in [0.05, 0.1) is 6.54 Å². The minimum Gasteiger partial charge on any atom is -0.399 e. The standard InChI is InChI=1S/C22H24N2S/c1-13(15(3)23)20-10-9-19-11-24-12-21(19)22(20)14(2)17-5-7-18(8-6-17)16(4)25/h5-8,12,14,25H,1,3-4,9-11,23H2,2H3. The summed E-state index contributed by atoms with van der Waals surface area (Å²) < 4.78 is 0. The molecule has 0 saturated heterocycles. The van der Waals surface area contributed by atoms with Gasteiger partial charge < -0.3 is 5.73 Å². The van der Waals surface area contributed by atoms with Gasteiger partial charge in [0, 0.05) is 22.7 Å². The van der Waals surface area contributed by atoms with Gasteiger partial charge >= 0.3 is 0 Å². The summed E-state index contributed by atoms with van der Waals surface area (Å²) >= 11 is 4.32. The zero-order valence-electron chi connectivity index (χ0n) is 14.7. The van der Waals surface area contributed by atoms with Crippen LogP contribution in [0.4, 0.5) is 0 Å². The Morgan fingerprint density at radius 3 is 2.44 bits per heavy atom. The van der Waals surface area contributed by atoms with Gasteiger partial charge in [-0.15, -0.1) is 12.6 Å². The maximum absolute atomic E-state index is 5.96. The van der Waals surface area contributed by atoms with Crippen LogP contribution in [0.5, 0.6) is 0 Å². The SMILES string of the molecule is C=C(N)C(=C)C1=C(C(C)c2ccc(C(=C)S)cc2)C2=C(CC1)CN=C2. The molecule has 1 aliphatic carbocycles. The molecule has 2 nitrogen and oxygen atoms in total. The molecule has 1 aromatic carbocycles. The topological polar surface area (TPSA) is 38.4 Å². The highest BCUT2D eigenvalue weighted by Crippen LogP contribution is 2.43. The second-order valence-corrected chi connectivity index (χ2v) is 7.21. The molecule has 25 heavy (non-hydrogen) atoms. The highest BCUT2D eigenvalue weighted by Gasteiger charge is 2.28. The molecule has 0 amide bonds. The van der Waals surface area contributed by atoms with Crippen LogP contribution in [0.25, 0.3) is 4.91 Å². The van der Waals surface area contributed by atoms with Crippen molar-refractivity contribution in [1.29, 1.82) is 0 Å². The minimum absolute atomic E-state index is 0.225. The van der Waals surface area contributed by atoms with E-state index in [0.29, 0.717) is 5.70 Å². The molecule has 1 heterocycles. The quantitative estimate of drug-likeness (QED) is 0.558. The summed E-state index contributed by atoms with van der Waals surface area (Å²) in [6.07, 6.45) is 3.98. The largest absolute Gasteiger partial charge is 0.399 e. The molecule has 1 aromatic rings. The van der Waals surface area contributed by atoms with Gasteiger partial charge in [-0.1, -0.05) is 50.9 Å². The summed E-state index contributed by atoms with van der Waals surface area (Å²) in [5, 5.41) is 0. The summed E-state index contributed by atoms with van der Waals surface area (Å²) in [5.41, 5.74) is 14.8. The molecule has 0 aromatic heterocycles. The molecular formula is C22H24N2S. The lowest BCUT2D eigenvalue weighted by Crippen LogP contribution is -2.14. The van der Waals surface area contributed by atoms with Gasteiger partial charge in [0.15, 0.2) is 0 Å². The lowest BCUT2D eigenvalue weighted by Gasteiger charge is -2.28. The van der Waals surface area contributed by atoms with E-state index in [2.05, 4.69) is 68.5 Å². The molecule has 0 saturated carbocycles. The first kappa shape index (κ1) is 17.6. The fourth-order valence-electron chi connectivity index (χ4n) is 3.60. The maximum Gasteiger partial charge on any atom is 0.0609 e. The van der Waals surface area contributed by atoms with Crippen LogP contribution in [-0.4, -0.2) is 12.8 Å². The van der Waals surface area contributed by atoms with E-state index in [1.807, 2.05) is 6.21 Å². The molecule has 0 radical (unpaired) electrons. The van der Waals surface area contributed by atoms with Gasteiger partial charge in [0.1, 0.15) is 0 Å². The Kier molecular flexibility index (Phi) is 4.87. The summed E-state index contributed by atoms with van der Waals surface area (Å²) in [5.74, 6) is 0.225. The Balaban J connectivity index is 2.07. The first-order valence-corrected chi connectivity index (χ1v) is 8.92. The molecule has 0 fully saturated rings. The molecule has 1 atom stereocenters. The van der Waals surface area contributed by atoms with Gasteiger partial charge in [-0.3, -0.25) is 4.99 Å². The van der Waals surface area contributed by atoms with Crippen LogP contribution in [0, 0.1) is 0 Å². The Hall–Kier alpha value is -2.26. The number of nitrogens with two attached hydrogens (primary N) is 1. The molecule has 2 aliphatic rings. The average Bonchev–Trinajstić information content (AvgIpc) is 3.08. The van der Waals surface area contributed by atoms with Crippen molar-refractivity contribution in [2.75, 3.05) is 6.54 Å². The predicted octanol–water partition coefficient (Wildman–Crippen LogP) is 5.19. The van der Waals surface area contributed by atoms with E-state index < -0.39 is 0 Å². The van der Waals surface area contributed by atoms with E-state index in [0.717, 1.165) is 35.4 Å². The molecule has 2 N–H and O–H groups in total. The molecule has 3 rings (SSSR count). The normalized spacial score (nSPS) is 17.5. The van der Waals surface area contributed by atoms with Crippen molar-refractivity contribution in [2.24, 2.45) is 10.7 Å². The van der Waals surface area contributed by atoms with Crippen LogP contribution in [0.3, 0.4) is 0 Å². The predicted molar refractivity (Wildman–Crippen MR) is 112 cm³/mol. The van der Waals surface area contributed by atoms with Crippen molar-refractivity contribution in [3.8, 4) is 0 Å². The van der Waals surface area contributed by atoms with Crippen LogP contribution in [0.15, 0.2) is 82.6 Å². The molecule has 3 heteroatoms. The highest BCUT2D eigenvalue weighted by molar-refractivity contribution is 7.90. The number of aliphatic imine (C=N–C) groups is 1. The number of hydrogen-bond acceptors (Lipinski definition) is 3. The van der Waals surface area contributed by atoms with E-state index in [4.69, 9.17) is 5.73 Å². The summed E-state index contributed by atoms with van der Waals surface area (Å²) in [6.45, 7) is 15.0. The van der Waals surface area contributed by atoms with Crippen LogP contribution in [0.1, 0.15) is 36.8 Å². The van der Waals surface area contributed by atoms with E-state index in [1.54, 1.807) is 0 Å². The van der Waals surface area contributed by atoms with Crippen molar-refractivity contribution in [2.45, 2.75) is 25.7 Å². The van der Waals surface area contributed by atoms with Crippen LogP contribution in [-0.2, 0) is 0 Å². The first-order chi connectivity index (χ1) is 11.9. The van der Waals surface area contributed by atoms with Crippen LogP contribution < -0.4 is 5.73 Å². The number of hydrogen-bond donors (Lipinski definition) is 2. The number of benzene rings is 1. The van der Waals surface area contributed by atoms with Crippen LogP contribution >= 0.6 is 12.6 Å². The highest BCUT2D eigenvalue weighted by atomic mass is 32.1. The summed E-state index contributed by atoms with van der Waals surface area (Å²) in [4.78, 5) is 5.27. The van der Waals surface area contributed by atoms with Crippen LogP contribution in [0.2, 0.25) is 0 Å². The van der Waals surface area contributed by atoms with Gasteiger partial charge in [-0.25, -0.2) is 0 Å². The van der Waals surface area contributed by atoms with Crippen molar-refractivity contribution < 1.29 is 0 Å². The third-order valence-corrected chi connectivity index (χ3v) is 5.36. The van der Waals surface area contributed by atoms with E-state index in [1.165, 1.54) is 27.9 Å². The van der Waals surface area contributed by atoms with E-state index in [9.17, 15) is 0 Å². The first-order valence-electron chi connectivity index (χ1n) is 8.47. The second kappa shape index (κ2) is 6.93. The summed E-state index contributed by atoms with van der Waals surface area (Å²) in [7, 11) is 0. The Bertz CT molecular complexity index is 851. The van der Waals surface area contributed by atoms with Gasteiger partial charge in [0.25, 0.3) is 0 Å². The second-order valence-electron chi connectivity index (χ2n) is 6.67. The Morgan fingerprint density at radius 2 is 1.84 bits per heavy atom. The minimum atomic E-state index is 0.225. The van der Waals surface area contributed by atoms with E-state index in [-0.39, 0.29) is 5.92 Å². The summed E-state index contributed by atoms with van der Waals surface area (Å²) in [6, 6.07) is 8.43. The van der Waals surface area contributed by atoms with Crippen molar-refractivity contribution in [3.05, 3.63) is 88.7 Å². The third-order valence-electron chi connectivity index (χ3n) is 5.10. The van der Waals surface area contributed by atoms with E-state index >= 15 is 0 Å². The fourth-order valence-corrected chi connectivity index (χ4v) is 3.75. The number of rotatable bonds is 5. The average molecular weight is 349 g/mol. The molecule has 128 valence electrons. The zero-order valence-corrected chi connectivity index (χ0v) is 15.6. The molecule has 0 bridgehead atoms. The van der Waals surface area contributed by atoms with Gasteiger partial charge in [0.2, 0.25) is 0 Å². The number of nitrogens with zero attached hydrogens (tertiary/aromatic N) is 1. The Morgan fingerprint density at radius 1 is 1.16 bits per heavy atom. The lowest BCUT2D eigenvalue weighted by molar-refractivity contribution is 0.812. The number of thiol groups is 1. The monoisotopic (exact) mass is 348 g/mol. The smallest absolute Gasteiger partial charge is 0.0609 e. The molecule has 1 unspecified atom stereocenters. The van der Waals surface area contributed by atoms with Crippen molar-refractivity contribution in [3.63, 3.8) is 0 Å². The number of allylic oxidation sites excluding steroid dienone is 3. The zero-order chi connectivity index (χ0) is 18.1. The molecular weight excluding hydrogens is 324 g/mol.